The van der Waals surface area contributed by atoms with Crippen LogP contribution in [-0.4, -0.2) is 22.4 Å². The molecule has 0 saturated heterocycles. The first-order valence-electron chi connectivity index (χ1n) is 7.02. The van der Waals surface area contributed by atoms with Gasteiger partial charge < -0.3 is 11.1 Å². The Morgan fingerprint density at radius 1 is 1.45 bits per heavy atom. The molecule has 0 aliphatic heterocycles. The minimum atomic E-state index is -0.694. The predicted octanol–water partition coefficient (Wildman–Crippen LogP) is 2.67. The second-order valence-corrected chi connectivity index (χ2v) is 6.09. The van der Waals surface area contributed by atoms with Gasteiger partial charge in [-0.05, 0) is 12.8 Å². The van der Waals surface area contributed by atoms with Crippen LogP contribution in [0.2, 0.25) is 0 Å². The molecule has 20 heavy (non-hydrogen) atoms. The van der Waals surface area contributed by atoms with Crippen molar-refractivity contribution in [3.05, 3.63) is 16.6 Å². The highest BCUT2D eigenvalue weighted by molar-refractivity contribution is 7.80. The SMILES string of the molecule is CCCC(CCC)(C(=O)NCCc1cscn1)C(N)=S. The molecule has 0 aliphatic carbocycles. The number of nitrogens with zero attached hydrogens (tertiary/aromatic N) is 1. The molecule has 1 aromatic rings. The largest absolute Gasteiger partial charge is 0.392 e. The maximum absolute atomic E-state index is 12.5. The van der Waals surface area contributed by atoms with Gasteiger partial charge in [-0.3, -0.25) is 4.79 Å². The summed E-state index contributed by atoms with van der Waals surface area (Å²) >= 11 is 6.73. The van der Waals surface area contributed by atoms with Gasteiger partial charge in [0.25, 0.3) is 0 Å². The van der Waals surface area contributed by atoms with Gasteiger partial charge in [-0.15, -0.1) is 11.3 Å². The van der Waals surface area contributed by atoms with Crippen LogP contribution in [-0.2, 0) is 11.2 Å². The molecule has 0 aromatic carbocycles. The second kappa shape index (κ2) is 8.32. The molecule has 0 unspecified atom stereocenters. The molecular weight excluding hydrogens is 290 g/mol. The van der Waals surface area contributed by atoms with Crippen LogP contribution in [0, 0.1) is 5.41 Å². The first kappa shape index (κ1) is 17.0. The zero-order chi connectivity index (χ0) is 15.0. The van der Waals surface area contributed by atoms with E-state index in [1.54, 1.807) is 16.8 Å². The Labute approximate surface area is 130 Å². The molecule has 0 spiro atoms. The molecule has 0 atom stereocenters. The molecule has 3 N–H and O–H groups in total. The average molecular weight is 313 g/mol. The fourth-order valence-corrected chi connectivity index (χ4v) is 3.29. The van der Waals surface area contributed by atoms with E-state index < -0.39 is 5.41 Å². The summed E-state index contributed by atoms with van der Waals surface area (Å²) in [6, 6.07) is 0. The number of amides is 1. The Morgan fingerprint density at radius 3 is 2.55 bits per heavy atom. The number of hydrogen-bond acceptors (Lipinski definition) is 4. The van der Waals surface area contributed by atoms with Gasteiger partial charge in [0.15, 0.2) is 0 Å². The number of thiocarbonyl (C=S) groups is 1. The van der Waals surface area contributed by atoms with Crippen LogP contribution in [0.4, 0.5) is 0 Å². The minimum absolute atomic E-state index is 0.0380. The monoisotopic (exact) mass is 313 g/mol. The minimum Gasteiger partial charge on any atom is -0.392 e. The summed E-state index contributed by atoms with van der Waals surface area (Å²) in [5, 5.41) is 4.96. The van der Waals surface area contributed by atoms with E-state index in [1.165, 1.54) is 0 Å². The van der Waals surface area contributed by atoms with Gasteiger partial charge in [-0.25, -0.2) is 4.98 Å². The van der Waals surface area contributed by atoms with Crippen LogP contribution in [0.5, 0.6) is 0 Å². The van der Waals surface area contributed by atoms with Crippen molar-refractivity contribution in [2.75, 3.05) is 6.54 Å². The average Bonchev–Trinajstić information content (AvgIpc) is 2.91. The molecule has 1 amide bonds. The van der Waals surface area contributed by atoms with Crippen LogP contribution >= 0.6 is 23.6 Å². The molecule has 112 valence electrons. The van der Waals surface area contributed by atoms with Crippen molar-refractivity contribution in [3.63, 3.8) is 0 Å². The summed E-state index contributed by atoms with van der Waals surface area (Å²) in [5.41, 5.74) is 7.98. The van der Waals surface area contributed by atoms with Crippen LogP contribution in [0.3, 0.4) is 0 Å². The zero-order valence-corrected chi connectivity index (χ0v) is 13.8. The number of carbonyl (C=O) groups excluding carboxylic acids is 1. The Morgan fingerprint density at radius 2 is 2.10 bits per heavy atom. The highest BCUT2D eigenvalue weighted by Gasteiger charge is 2.39. The molecule has 1 rings (SSSR count). The van der Waals surface area contributed by atoms with Gasteiger partial charge in [0.1, 0.15) is 0 Å². The smallest absolute Gasteiger partial charge is 0.233 e. The number of rotatable bonds is 9. The fourth-order valence-electron chi connectivity index (χ4n) is 2.40. The molecule has 0 fully saturated rings. The second-order valence-electron chi connectivity index (χ2n) is 4.93. The van der Waals surface area contributed by atoms with E-state index in [4.69, 9.17) is 18.0 Å². The molecule has 1 heterocycles. The van der Waals surface area contributed by atoms with Crippen LogP contribution in [0.1, 0.15) is 45.2 Å². The van der Waals surface area contributed by atoms with Crippen molar-refractivity contribution < 1.29 is 4.79 Å². The van der Waals surface area contributed by atoms with Crippen molar-refractivity contribution in [1.82, 2.24) is 10.3 Å². The van der Waals surface area contributed by atoms with Crippen molar-refractivity contribution in [1.29, 1.82) is 0 Å². The number of hydrogen-bond donors (Lipinski definition) is 2. The summed E-state index contributed by atoms with van der Waals surface area (Å²) in [6.45, 7) is 4.66. The maximum atomic E-state index is 12.5. The Hall–Kier alpha value is -1.01. The number of carbonyl (C=O) groups is 1. The normalized spacial score (nSPS) is 11.3. The number of nitrogens with one attached hydrogen (secondary N) is 1. The molecule has 0 radical (unpaired) electrons. The Kier molecular flexibility index (Phi) is 7.09. The fraction of sp³-hybridized carbons (Fsp3) is 0.643. The van der Waals surface area contributed by atoms with E-state index in [0.717, 1.165) is 25.0 Å². The van der Waals surface area contributed by atoms with Gasteiger partial charge in [-0.1, -0.05) is 38.9 Å². The molecule has 1 aromatic heterocycles. The summed E-state index contributed by atoms with van der Waals surface area (Å²) in [7, 11) is 0. The Balaban J connectivity index is 2.64. The quantitative estimate of drug-likeness (QED) is 0.688. The molecule has 4 nitrogen and oxygen atoms in total. The Bertz CT molecular complexity index is 426. The summed E-state index contributed by atoms with van der Waals surface area (Å²) in [4.78, 5) is 17.0. The lowest BCUT2D eigenvalue weighted by Gasteiger charge is -2.31. The van der Waals surface area contributed by atoms with Crippen LogP contribution in [0.15, 0.2) is 10.9 Å². The number of aromatic nitrogens is 1. The van der Waals surface area contributed by atoms with Gasteiger partial charge in [0.05, 0.1) is 21.6 Å². The lowest BCUT2D eigenvalue weighted by atomic mass is 9.78. The lowest BCUT2D eigenvalue weighted by molar-refractivity contribution is -0.128. The van der Waals surface area contributed by atoms with E-state index in [9.17, 15) is 4.79 Å². The summed E-state index contributed by atoms with van der Waals surface area (Å²) in [6.07, 6.45) is 3.92. The number of thiazole rings is 1. The van der Waals surface area contributed by atoms with E-state index in [1.807, 2.05) is 19.2 Å². The third-order valence-corrected chi connectivity index (χ3v) is 4.44. The topological polar surface area (TPSA) is 68.0 Å². The van der Waals surface area contributed by atoms with Crippen LogP contribution in [0.25, 0.3) is 0 Å². The number of nitrogens with two attached hydrogens (primary N) is 1. The predicted molar refractivity (Wildman–Crippen MR) is 87.9 cm³/mol. The lowest BCUT2D eigenvalue weighted by Crippen LogP contribution is -2.49. The molecule has 0 bridgehead atoms. The molecule has 6 heteroatoms. The van der Waals surface area contributed by atoms with Crippen molar-refractivity contribution in [2.24, 2.45) is 11.1 Å². The van der Waals surface area contributed by atoms with E-state index in [-0.39, 0.29) is 5.91 Å². The van der Waals surface area contributed by atoms with Crippen LogP contribution < -0.4 is 11.1 Å². The molecule has 0 saturated carbocycles. The third kappa shape index (κ3) is 4.24. The first-order chi connectivity index (χ1) is 9.56. The molecular formula is C14H23N3OS2. The van der Waals surface area contributed by atoms with E-state index in [2.05, 4.69) is 10.3 Å². The third-order valence-electron chi connectivity index (χ3n) is 3.41. The maximum Gasteiger partial charge on any atom is 0.233 e. The molecule has 0 aliphatic rings. The van der Waals surface area contributed by atoms with Crippen molar-refractivity contribution >= 4 is 34.5 Å². The van der Waals surface area contributed by atoms with Gasteiger partial charge in [-0.2, -0.15) is 0 Å². The van der Waals surface area contributed by atoms with Crippen molar-refractivity contribution in [3.8, 4) is 0 Å². The van der Waals surface area contributed by atoms with E-state index >= 15 is 0 Å². The van der Waals surface area contributed by atoms with Gasteiger partial charge >= 0.3 is 0 Å². The van der Waals surface area contributed by atoms with Gasteiger partial charge in [0.2, 0.25) is 5.91 Å². The summed E-state index contributed by atoms with van der Waals surface area (Å²) < 4.78 is 0. The van der Waals surface area contributed by atoms with E-state index in [0.29, 0.717) is 24.4 Å². The van der Waals surface area contributed by atoms with Crippen molar-refractivity contribution in [2.45, 2.75) is 46.0 Å². The first-order valence-corrected chi connectivity index (χ1v) is 8.37. The summed E-state index contributed by atoms with van der Waals surface area (Å²) in [5.74, 6) is -0.0380. The zero-order valence-electron chi connectivity index (χ0n) is 12.1. The standard InChI is InChI=1S/C14H23N3OS2/c1-3-6-14(7-4-2,12(15)19)13(18)16-8-5-11-9-20-10-17-11/h9-10H,3-8H2,1-2H3,(H2,15,19)(H,16,18). The highest BCUT2D eigenvalue weighted by Crippen LogP contribution is 2.30. The highest BCUT2D eigenvalue weighted by atomic mass is 32.1. The van der Waals surface area contributed by atoms with Gasteiger partial charge in [0, 0.05) is 18.3 Å².